The summed E-state index contributed by atoms with van der Waals surface area (Å²) in [6.45, 7) is 3.58. The van der Waals surface area contributed by atoms with Crippen molar-refractivity contribution < 1.29 is 9.90 Å². The van der Waals surface area contributed by atoms with Gasteiger partial charge in [0, 0.05) is 11.4 Å². The molecule has 7 nitrogen and oxygen atoms in total. The van der Waals surface area contributed by atoms with Crippen LogP contribution in [-0.2, 0) is 6.42 Å². The predicted octanol–water partition coefficient (Wildman–Crippen LogP) is 1.07. The molecule has 7 heteroatoms. The minimum absolute atomic E-state index is 0.0442. The molecule has 3 rings (SSSR count). The lowest BCUT2D eigenvalue weighted by molar-refractivity contribution is 0.0906. The Kier molecular flexibility index (Phi) is 4.52. The molecule has 2 aromatic heterocycles. The van der Waals surface area contributed by atoms with Crippen LogP contribution in [-0.4, -0.2) is 43.2 Å². The van der Waals surface area contributed by atoms with Gasteiger partial charge in [-0.25, -0.2) is 9.50 Å². The van der Waals surface area contributed by atoms with Crippen LogP contribution in [0.4, 0.5) is 0 Å². The molecule has 0 fully saturated rings. The number of hydrogen-bond acceptors (Lipinski definition) is 5. The predicted molar refractivity (Wildman–Crippen MR) is 88.7 cm³/mol. The molecule has 0 aliphatic rings. The van der Waals surface area contributed by atoms with Gasteiger partial charge in [-0.05, 0) is 31.9 Å². The first kappa shape index (κ1) is 16.1. The van der Waals surface area contributed by atoms with Crippen molar-refractivity contribution in [3.8, 4) is 0 Å². The standard InChI is InChI=1S/C17H19N5O2/c1-11-8-12(2)22-17(18-11)20-15(21-22)16(24)19-14(10-23)9-13-6-4-3-5-7-13/h3-8,14,23H,9-10H2,1-2H3,(H,19,24). The molecule has 1 amide bonds. The molecule has 1 atom stereocenters. The molecule has 1 unspecified atom stereocenters. The number of hydrogen-bond donors (Lipinski definition) is 2. The summed E-state index contributed by atoms with van der Waals surface area (Å²) in [5.41, 5.74) is 2.71. The van der Waals surface area contributed by atoms with Crippen molar-refractivity contribution in [2.45, 2.75) is 26.3 Å². The molecular weight excluding hydrogens is 306 g/mol. The average molecular weight is 325 g/mol. The maximum Gasteiger partial charge on any atom is 0.291 e. The van der Waals surface area contributed by atoms with Crippen LogP contribution in [0, 0.1) is 13.8 Å². The lowest BCUT2D eigenvalue weighted by Gasteiger charge is -2.15. The third-order valence-electron chi connectivity index (χ3n) is 3.70. The van der Waals surface area contributed by atoms with Gasteiger partial charge in [0.1, 0.15) is 0 Å². The third kappa shape index (κ3) is 3.41. The van der Waals surface area contributed by atoms with Gasteiger partial charge < -0.3 is 10.4 Å². The van der Waals surface area contributed by atoms with Gasteiger partial charge in [0.15, 0.2) is 0 Å². The van der Waals surface area contributed by atoms with Crippen LogP contribution < -0.4 is 5.32 Å². The van der Waals surface area contributed by atoms with Crippen molar-refractivity contribution in [2.24, 2.45) is 0 Å². The number of rotatable bonds is 5. The van der Waals surface area contributed by atoms with Gasteiger partial charge in [-0.1, -0.05) is 30.3 Å². The molecule has 0 spiro atoms. The summed E-state index contributed by atoms with van der Waals surface area (Å²) >= 11 is 0. The van der Waals surface area contributed by atoms with Gasteiger partial charge in [0.2, 0.25) is 5.82 Å². The van der Waals surface area contributed by atoms with Crippen molar-refractivity contribution in [2.75, 3.05) is 6.61 Å². The van der Waals surface area contributed by atoms with Crippen LogP contribution in [0.25, 0.3) is 5.78 Å². The highest BCUT2D eigenvalue weighted by Crippen LogP contribution is 2.07. The van der Waals surface area contributed by atoms with E-state index < -0.39 is 11.9 Å². The summed E-state index contributed by atoms with van der Waals surface area (Å²) in [7, 11) is 0. The number of benzene rings is 1. The summed E-state index contributed by atoms with van der Waals surface area (Å²) in [5, 5.41) is 16.5. The molecule has 0 saturated heterocycles. The highest BCUT2D eigenvalue weighted by Gasteiger charge is 2.18. The monoisotopic (exact) mass is 325 g/mol. The van der Waals surface area contributed by atoms with Crippen molar-refractivity contribution >= 4 is 11.7 Å². The minimum Gasteiger partial charge on any atom is -0.394 e. The average Bonchev–Trinajstić information content (AvgIpc) is 2.99. The number of nitrogens with one attached hydrogen (secondary N) is 1. The molecular formula is C17H19N5O2. The Morgan fingerprint density at radius 1 is 1.25 bits per heavy atom. The zero-order valence-electron chi connectivity index (χ0n) is 13.6. The number of nitrogens with zero attached hydrogens (tertiary/aromatic N) is 4. The highest BCUT2D eigenvalue weighted by molar-refractivity contribution is 5.91. The number of carbonyl (C=O) groups excluding carboxylic acids is 1. The van der Waals surface area contributed by atoms with E-state index in [9.17, 15) is 9.90 Å². The lowest BCUT2D eigenvalue weighted by atomic mass is 10.1. The highest BCUT2D eigenvalue weighted by atomic mass is 16.3. The quantitative estimate of drug-likeness (QED) is 0.732. The van der Waals surface area contributed by atoms with Gasteiger partial charge in [-0.3, -0.25) is 4.79 Å². The Bertz CT molecular complexity index is 860. The number of amides is 1. The zero-order chi connectivity index (χ0) is 17.1. The second kappa shape index (κ2) is 6.76. The fraction of sp³-hybridized carbons (Fsp3) is 0.294. The summed E-state index contributed by atoms with van der Waals surface area (Å²) < 4.78 is 1.53. The molecule has 1 aromatic carbocycles. The van der Waals surface area contributed by atoms with E-state index in [0.717, 1.165) is 17.0 Å². The number of fused-ring (bicyclic) bond motifs is 1. The van der Waals surface area contributed by atoms with Crippen LogP contribution in [0.1, 0.15) is 27.6 Å². The van der Waals surface area contributed by atoms with Crippen LogP contribution in [0.5, 0.6) is 0 Å². The van der Waals surface area contributed by atoms with E-state index in [0.29, 0.717) is 12.2 Å². The van der Waals surface area contributed by atoms with Crippen molar-refractivity contribution in [3.05, 3.63) is 59.2 Å². The molecule has 124 valence electrons. The van der Waals surface area contributed by atoms with E-state index >= 15 is 0 Å². The molecule has 2 N–H and O–H groups in total. The maximum atomic E-state index is 12.4. The number of aromatic nitrogens is 4. The van der Waals surface area contributed by atoms with Crippen molar-refractivity contribution in [1.29, 1.82) is 0 Å². The summed E-state index contributed by atoms with van der Waals surface area (Å²) in [6, 6.07) is 11.1. The maximum absolute atomic E-state index is 12.4. The molecule has 2 heterocycles. The second-order valence-corrected chi connectivity index (χ2v) is 5.73. The van der Waals surface area contributed by atoms with Gasteiger partial charge in [-0.15, -0.1) is 5.10 Å². The SMILES string of the molecule is Cc1cc(C)n2nc(C(=O)NC(CO)Cc3ccccc3)nc2n1. The first-order valence-electron chi connectivity index (χ1n) is 7.73. The van der Waals surface area contributed by atoms with E-state index in [1.807, 2.05) is 50.2 Å². The van der Waals surface area contributed by atoms with Crippen molar-refractivity contribution in [3.63, 3.8) is 0 Å². The van der Waals surface area contributed by atoms with E-state index in [1.165, 1.54) is 4.52 Å². The number of aliphatic hydroxyl groups excluding tert-OH is 1. The fourth-order valence-corrected chi connectivity index (χ4v) is 2.57. The summed E-state index contributed by atoms with van der Waals surface area (Å²) in [6.07, 6.45) is 0.535. The molecule has 0 aliphatic carbocycles. The summed E-state index contributed by atoms with van der Waals surface area (Å²) in [4.78, 5) is 20.8. The summed E-state index contributed by atoms with van der Waals surface area (Å²) in [5.74, 6) is 0.0107. The second-order valence-electron chi connectivity index (χ2n) is 5.73. The molecule has 3 aromatic rings. The molecule has 0 aliphatic heterocycles. The third-order valence-corrected chi connectivity index (χ3v) is 3.70. The zero-order valence-corrected chi connectivity index (χ0v) is 13.6. The van der Waals surface area contributed by atoms with E-state index in [2.05, 4.69) is 20.4 Å². The lowest BCUT2D eigenvalue weighted by Crippen LogP contribution is -2.39. The smallest absolute Gasteiger partial charge is 0.291 e. The first-order chi connectivity index (χ1) is 11.6. The Morgan fingerprint density at radius 3 is 2.71 bits per heavy atom. The van der Waals surface area contributed by atoms with Crippen LogP contribution in [0.2, 0.25) is 0 Å². The van der Waals surface area contributed by atoms with Crippen LogP contribution >= 0.6 is 0 Å². The van der Waals surface area contributed by atoms with Crippen LogP contribution in [0.3, 0.4) is 0 Å². The van der Waals surface area contributed by atoms with Crippen molar-refractivity contribution in [1.82, 2.24) is 24.9 Å². The fourth-order valence-electron chi connectivity index (χ4n) is 2.57. The first-order valence-corrected chi connectivity index (χ1v) is 7.73. The van der Waals surface area contributed by atoms with Gasteiger partial charge in [0.25, 0.3) is 11.7 Å². The van der Waals surface area contributed by atoms with E-state index in [4.69, 9.17) is 0 Å². The Hall–Kier alpha value is -2.80. The van der Waals surface area contributed by atoms with Gasteiger partial charge in [0.05, 0.1) is 12.6 Å². The normalized spacial score (nSPS) is 12.3. The largest absolute Gasteiger partial charge is 0.394 e. The number of aryl methyl sites for hydroxylation is 2. The van der Waals surface area contributed by atoms with E-state index in [1.54, 1.807) is 0 Å². The molecule has 24 heavy (non-hydrogen) atoms. The Labute approximate surface area is 139 Å². The Balaban J connectivity index is 1.77. The van der Waals surface area contributed by atoms with E-state index in [-0.39, 0.29) is 12.4 Å². The van der Waals surface area contributed by atoms with Gasteiger partial charge in [-0.2, -0.15) is 4.98 Å². The number of aliphatic hydroxyl groups is 1. The number of carbonyl (C=O) groups is 1. The topological polar surface area (TPSA) is 92.4 Å². The molecule has 0 radical (unpaired) electrons. The minimum atomic E-state index is -0.424. The Morgan fingerprint density at radius 2 is 2.00 bits per heavy atom. The van der Waals surface area contributed by atoms with Gasteiger partial charge >= 0.3 is 0 Å². The molecule has 0 bridgehead atoms. The van der Waals surface area contributed by atoms with Crippen LogP contribution in [0.15, 0.2) is 36.4 Å². The molecule has 0 saturated carbocycles.